The van der Waals surface area contributed by atoms with Crippen LogP contribution in [0.5, 0.6) is 0 Å². The summed E-state index contributed by atoms with van der Waals surface area (Å²) in [6.07, 6.45) is 0. The zero-order valence-electron chi connectivity index (χ0n) is 6.42. The maximum absolute atomic E-state index is 10.5. The molecule has 0 aromatic heterocycles. The molecule has 0 saturated heterocycles. The van der Waals surface area contributed by atoms with E-state index in [0.717, 1.165) is 0 Å². The summed E-state index contributed by atoms with van der Waals surface area (Å²) in [6, 6.07) is 0. The molecular weight excluding hydrogens is 189 g/mol. The molecule has 12 heavy (non-hydrogen) atoms. The molecule has 0 aliphatic carbocycles. The summed E-state index contributed by atoms with van der Waals surface area (Å²) in [6.45, 7) is 3.58. The van der Waals surface area contributed by atoms with Crippen LogP contribution in [0.4, 0.5) is 0 Å². The van der Waals surface area contributed by atoms with Crippen molar-refractivity contribution in [1.29, 1.82) is 0 Å². The predicted octanol–water partition coefficient (Wildman–Crippen LogP) is -0.247. The Balaban J connectivity index is 0. The van der Waals surface area contributed by atoms with Crippen LogP contribution < -0.4 is 5.32 Å². The Labute approximate surface area is 113 Å². The first-order chi connectivity index (χ1) is 5.13. The molecule has 0 fully saturated rings. The first-order valence-corrected chi connectivity index (χ1v) is 3.13. The first-order valence-electron chi connectivity index (χ1n) is 3.13. The summed E-state index contributed by atoms with van der Waals surface area (Å²) >= 11 is 0. The second kappa shape index (κ2) is 8.03. The number of hydrogen-bond donors (Lipinski definition) is 3. The van der Waals surface area contributed by atoms with E-state index < -0.39 is 5.97 Å². The van der Waals surface area contributed by atoms with E-state index >= 15 is 0 Å². The molecule has 6 heteroatoms. The van der Waals surface area contributed by atoms with Crippen LogP contribution in [-0.2, 0) is 9.68 Å². The summed E-state index contributed by atoms with van der Waals surface area (Å²) in [5, 5.41) is 19.4. The first kappa shape index (κ1) is 14.9. The van der Waals surface area contributed by atoms with Crippen LogP contribution in [0, 0.1) is 0 Å². The summed E-state index contributed by atoms with van der Waals surface area (Å²) < 4.78 is 0. The molecule has 0 radical (unpaired) electrons. The Bertz CT molecular complexity index is 180. The van der Waals surface area contributed by atoms with Crippen molar-refractivity contribution in [1.82, 2.24) is 5.32 Å². The van der Waals surface area contributed by atoms with Gasteiger partial charge < -0.3 is 10.4 Å². The monoisotopic (exact) mass is 201 g/mol. The number of hydrogen-bond acceptors (Lipinski definition) is 5. The van der Waals surface area contributed by atoms with Crippen LogP contribution in [-0.4, -0.2) is 74.3 Å². The van der Waals surface area contributed by atoms with Crippen LogP contribution in [0.1, 0.15) is 13.8 Å². The van der Waals surface area contributed by atoms with E-state index in [4.69, 9.17) is 10.4 Å². The van der Waals surface area contributed by atoms with Crippen molar-refractivity contribution >= 4 is 57.4 Å². The molecule has 0 unspecified atom stereocenters. The molecule has 0 aliphatic heterocycles. The summed E-state index contributed by atoms with van der Waals surface area (Å²) in [4.78, 5) is 13.9. The van der Waals surface area contributed by atoms with Gasteiger partial charge in [0.1, 0.15) is 0 Å². The third kappa shape index (κ3) is 5.12. The van der Waals surface area contributed by atoms with Crippen molar-refractivity contribution in [3.63, 3.8) is 0 Å². The van der Waals surface area contributed by atoms with E-state index in [1.165, 1.54) is 6.92 Å². The zero-order chi connectivity index (χ0) is 8.85. The van der Waals surface area contributed by atoms with Gasteiger partial charge in [-0.15, -0.1) is 0 Å². The SMILES string of the molecule is CCNC(O)=C(C)C(=O)OO.[KH]. The van der Waals surface area contributed by atoms with Gasteiger partial charge in [0.25, 0.3) is 0 Å². The number of rotatable bonds is 3. The average molecular weight is 201 g/mol. The van der Waals surface area contributed by atoms with Gasteiger partial charge in [0.2, 0.25) is 0 Å². The molecule has 66 valence electrons. The normalized spacial score (nSPS) is 10.9. The number of carbonyl (C=O) groups is 1. The molecule has 0 spiro atoms. The fourth-order valence-corrected chi connectivity index (χ4v) is 0.465. The molecule has 0 heterocycles. The van der Waals surface area contributed by atoms with Crippen molar-refractivity contribution in [2.24, 2.45) is 0 Å². The quantitative estimate of drug-likeness (QED) is 0.193. The summed E-state index contributed by atoms with van der Waals surface area (Å²) in [5.41, 5.74) is -0.0608. The fraction of sp³-hybridized carbons (Fsp3) is 0.500. The number of nitrogens with one attached hydrogen (secondary N) is 1. The second-order valence-electron chi connectivity index (χ2n) is 1.88. The van der Waals surface area contributed by atoms with Crippen molar-refractivity contribution in [3.05, 3.63) is 11.5 Å². The molecule has 0 saturated carbocycles. The van der Waals surface area contributed by atoms with Gasteiger partial charge in [-0.3, -0.25) is 4.89 Å². The summed E-state index contributed by atoms with van der Waals surface area (Å²) in [5.74, 6) is -1.25. The van der Waals surface area contributed by atoms with Crippen LogP contribution >= 0.6 is 0 Å². The van der Waals surface area contributed by atoms with Crippen LogP contribution in [0.15, 0.2) is 11.5 Å². The Hall–Kier alpha value is 0.406. The van der Waals surface area contributed by atoms with Crippen LogP contribution in [0.2, 0.25) is 0 Å². The molecule has 0 bridgehead atoms. The standard InChI is InChI=1S/C6H11NO4.K.H/c1-3-7-5(8)4(2)6(9)11-10;;/h7-8,10H,3H2,1-2H3;;. The van der Waals surface area contributed by atoms with Crippen molar-refractivity contribution in [2.45, 2.75) is 13.8 Å². The Morgan fingerprint density at radius 1 is 1.58 bits per heavy atom. The van der Waals surface area contributed by atoms with Gasteiger partial charge in [0.15, 0.2) is 5.88 Å². The molecular formula is C6H12KNO4. The van der Waals surface area contributed by atoms with Gasteiger partial charge in [-0.2, -0.15) is 5.26 Å². The number of aliphatic hydroxyl groups is 1. The molecule has 0 atom stereocenters. The van der Waals surface area contributed by atoms with Gasteiger partial charge in [0, 0.05) is 6.54 Å². The van der Waals surface area contributed by atoms with E-state index in [0.29, 0.717) is 6.54 Å². The van der Waals surface area contributed by atoms with Crippen LogP contribution in [0.3, 0.4) is 0 Å². The zero-order valence-corrected chi connectivity index (χ0v) is 6.42. The molecule has 0 rings (SSSR count). The van der Waals surface area contributed by atoms with E-state index in [1.54, 1.807) is 6.92 Å². The van der Waals surface area contributed by atoms with Crippen LogP contribution in [0.25, 0.3) is 0 Å². The minimum atomic E-state index is -0.969. The maximum atomic E-state index is 10.5. The summed E-state index contributed by atoms with van der Waals surface area (Å²) in [7, 11) is 0. The fourth-order valence-electron chi connectivity index (χ4n) is 0.465. The third-order valence-electron chi connectivity index (χ3n) is 1.09. The number of carbonyl (C=O) groups excluding carboxylic acids is 1. The van der Waals surface area contributed by atoms with Gasteiger partial charge in [-0.25, -0.2) is 4.79 Å². The second-order valence-corrected chi connectivity index (χ2v) is 1.88. The van der Waals surface area contributed by atoms with Gasteiger partial charge in [-0.05, 0) is 13.8 Å². The Morgan fingerprint density at radius 3 is 2.42 bits per heavy atom. The van der Waals surface area contributed by atoms with Gasteiger partial charge in [0.05, 0.1) is 5.57 Å². The Kier molecular flexibility index (Phi) is 9.97. The molecule has 0 aromatic carbocycles. The molecule has 0 aromatic rings. The van der Waals surface area contributed by atoms with E-state index in [9.17, 15) is 4.79 Å². The van der Waals surface area contributed by atoms with E-state index in [2.05, 4.69) is 10.2 Å². The molecule has 0 aliphatic rings. The topological polar surface area (TPSA) is 78.8 Å². The van der Waals surface area contributed by atoms with E-state index in [1.807, 2.05) is 0 Å². The predicted molar refractivity (Wildman–Crippen MR) is 44.9 cm³/mol. The minimum absolute atomic E-state index is 0. The van der Waals surface area contributed by atoms with Gasteiger partial charge >= 0.3 is 57.4 Å². The molecule has 5 nitrogen and oxygen atoms in total. The Morgan fingerprint density at radius 2 is 2.08 bits per heavy atom. The van der Waals surface area contributed by atoms with E-state index in [-0.39, 0.29) is 62.8 Å². The van der Waals surface area contributed by atoms with Gasteiger partial charge in [-0.1, -0.05) is 0 Å². The van der Waals surface area contributed by atoms with Crippen molar-refractivity contribution in [3.8, 4) is 0 Å². The third-order valence-corrected chi connectivity index (χ3v) is 1.09. The average Bonchev–Trinajstić information content (AvgIpc) is 2.02. The van der Waals surface area contributed by atoms with Crippen molar-refractivity contribution in [2.75, 3.05) is 6.54 Å². The number of aliphatic hydroxyl groups excluding tert-OH is 1. The van der Waals surface area contributed by atoms with Crippen molar-refractivity contribution < 1.29 is 20.0 Å². The molecule has 0 amide bonds. The molecule has 3 N–H and O–H groups in total.